The van der Waals surface area contributed by atoms with E-state index < -0.39 is 28.8 Å². The molecule has 5 unspecified atom stereocenters. The van der Waals surface area contributed by atoms with Gasteiger partial charge in [0.25, 0.3) is 0 Å². The van der Waals surface area contributed by atoms with Crippen LogP contribution in [0.25, 0.3) is 0 Å². The summed E-state index contributed by atoms with van der Waals surface area (Å²) in [6, 6.07) is 0. The molecule has 6 rings (SSSR count). The highest BCUT2D eigenvalue weighted by atomic mass is 16.6. The molecule has 4 aliphatic carbocycles. The molecule has 34 heavy (non-hydrogen) atoms. The Morgan fingerprint density at radius 3 is 2.56 bits per heavy atom. The van der Waals surface area contributed by atoms with Crippen LogP contribution in [0.2, 0.25) is 0 Å². The van der Waals surface area contributed by atoms with E-state index in [9.17, 15) is 19.8 Å². The number of rotatable bonds is 2. The van der Waals surface area contributed by atoms with E-state index in [2.05, 4.69) is 6.92 Å². The van der Waals surface area contributed by atoms with E-state index in [4.69, 9.17) is 9.47 Å². The van der Waals surface area contributed by atoms with E-state index in [1.807, 2.05) is 20.8 Å². The fraction of sp³-hybridized carbons (Fsp3) is 0.786. The number of carbonyl (C=O) groups excluding carboxylic acids is 2. The van der Waals surface area contributed by atoms with Crippen LogP contribution < -0.4 is 0 Å². The Morgan fingerprint density at radius 2 is 1.85 bits per heavy atom. The summed E-state index contributed by atoms with van der Waals surface area (Å²) in [4.78, 5) is 25.7. The van der Waals surface area contributed by atoms with E-state index in [0.29, 0.717) is 23.8 Å². The van der Waals surface area contributed by atoms with Gasteiger partial charge in [0.15, 0.2) is 5.78 Å². The van der Waals surface area contributed by atoms with Gasteiger partial charge in [0, 0.05) is 12.0 Å². The van der Waals surface area contributed by atoms with Gasteiger partial charge in [0.2, 0.25) is 0 Å². The van der Waals surface area contributed by atoms with E-state index in [0.717, 1.165) is 37.7 Å². The Hall–Kier alpha value is -1.50. The quantitative estimate of drug-likeness (QED) is 0.474. The van der Waals surface area contributed by atoms with Gasteiger partial charge in [-0.05, 0) is 101 Å². The first-order valence-electron chi connectivity index (χ1n) is 13.1. The first-order valence-corrected chi connectivity index (χ1v) is 13.1. The van der Waals surface area contributed by atoms with E-state index in [1.54, 1.807) is 19.1 Å². The highest BCUT2D eigenvalue weighted by Gasteiger charge is 2.80. The van der Waals surface area contributed by atoms with Gasteiger partial charge < -0.3 is 19.7 Å². The molecular weight excluding hydrogens is 432 g/mol. The molecule has 3 saturated carbocycles. The molecule has 2 N–H and O–H groups in total. The number of esters is 1. The second kappa shape index (κ2) is 6.83. The van der Waals surface area contributed by atoms with Crippen molar-refractivity contribution in [2.45, 2.75) is 103 Å². The van der Waals surface area contributed by atoms with Crippen molar-refractivity contribution in [2.24, 2.45) is 34.5 Å². The van der Waals surface area contributed by atoms with E-state index in [-0.39, 0.29) is 35.1 Å². The lowest BCUT2D eigenvalue weighted by Crippen LogP contribution is -2.64. The van der Waals surface area contributed by atoms with Crippen molar-refractivity contribution in [3.05, 3.63) is 23.3 Å². The van der Waals surface area contributed by atoms with E-state index in [1.165, 1.54) is 0 Å². The molecule has 0 radical (unpaired) electrons. The Kier molecular flexibility index (Phi) is 4.61. The van der Waals surface area contributed by atoms with Crippen molar-refractivity contribution in [2.75, 3.05) is 0 Å². The molecule has 4 fully saturated rings. The van der Waals surface area contributed by atoms with Crippen molar-refractivity contribution in [1.29, 1.82) is 0 Å². The maximum atomic E-state index is 13.3. The molecule has 0 bridgehead atoms. The van der Waals surface area contributed by atoms with Gasteiger partial charge in [-0.2, -0.15) is 0 Å². The zero-order chi connectivity index (χ0) is 24.4. The van der Waals surface area contributed by atoms with Crippen molar-refractivity contribution in [3.63, 3.8) is 0 Å². The van der Waals surface area contributed by atoms with Crippen LogP contribution >= 0.6 is 0 Å². The maximum absolute atomic E-state index is 13.3. The zero-order valence-electron chi connectivity index (χ0n) is 21.0. The molecule has 186 valence electrons. The van der Waals surface area contributed by atoms with Gasteiger partial charge >= 0.3 is 5.97 Å². The monoisotopic (exact) mass is 470 g/mol. The predicted octanol–water partition coefficient (Wildman–Crippen LogP) is 3.50. The van der Waals surface area contributed by atoms with Gasteiger partial charge in [0.05, 0.1) is 11.5 Å². The van der Waals surface area contributed by atoms with Crippen molar-refractivity contribution >= 4 is 11.8 Å². The van der Waals surface area contributed by atoms with Gasteiger partial charge in [-0.1, -0.05) is 12.5 Å². The SMILES string of the molecule is CC1=C(C)C(=O)OC([C@](C)(O)C2CCC3C4C[C@H]5O[C@]56[C@@H](O)C=CC(=O)[C@]6(C)C4CC[C@@]32C)C1. The van der Waals surface area contributed by atoms with Crippen molar-refractivity contribution in [1.82, 2.24) is 0 Å². The van der Waals surface area contributed by atoms with Crippen LogP contribution in [0.3, 0.4) is 0 Å². The number of hydrogen-bond acceptors (Lipinski definition) is 6. The number of cyclic esters (lactones) is 1. The Morgan fingerprint density at radius 1 is 1.12 bits per heavy atom. The molecule has 0 aromatic heterocycles. The lowest BCUT2D eigenvalue weighted by molar-refractivity contribution is -0.184. The molecule has 6 nitrogen and oxygen atoms in total. The average molecular weight is 471 g/mol. The molecule has 1 spiro atoms. The van der Waals surface area contributed by atoms with Crippen molar-refractivity contribution < 1.29 is 29.3 Å². The minimum atomic E-state index is -1.12. The van der Waals surface area contributed by atoms with Gasteiger partial charge in [-0.25, -0.2) is 4.79 Å². The summed E-state index contributed by atoms with van der Waals surface area (Å²) in [5.74, 6) is 0.651. The first-order chi connectivity index (χ1) is 15.9. The summed E-state index contributed by atoms with van der Waals surface area (Å²) in [5, 5.41) is 22.7. The minimum Gasteiger partial charge on any atom is -0.456 e. The van der Waals surface area contributed by atoms with Gasteiger partial charge in [-0.3, -0.25) is 4.79 Å². The summed E-state index contributed by atoms with van der Waals surface area (Å²) < 4.78 is 12.0. The summed E-state index contributed by atoms with van der Waals surface area (Å²) in [6.07, 6.45) is 6.96. The minimum absolute atomic E-state index is 0.0158. The Labute approximate surface area is 201 Å². The zero-order valence-corrected chi connectivity index (χ0v) is 21.0. The normalized spacial score (nSPS) is 53.3. The molecule has 1 saturated heterocycles. The van der Waals surface area contributed by atoms with Crippen LogP contribution in [0.1, 0.15) is 73.1 Å². The second-order valence-electron chi connectivity index (χ2n) is 12.8. The topological polar surface area (TPSA) is 96.4 Å². The highest BCUT2D eigenvalue weighted by Crippen LogP contribution is 2.73. The lowest BCUT2D eigenvalue weighted by atomic mass is 9.44. The molecule has 2 heterocycles. The number of allylic oxidation sites excluding steroid dienone is 1. The van der Waals surface area contributed by atoms with Crippen LogP contribution in [0.5, 0.6) is 0 Å². The van der Waals surface area contributed by atoms with Crippen LogP contribution in [-0.4, -0.2) is 51.5 Å². The Balaban J connectivity index is 1.31. The van der Waals surface area contributed by atoms with Gasteiger partial charge in [0.1, 0.15) is 23.4 Å². The lowest BCUT2D eigenvalue weighted by Gasteiger charge is -2.59. The number of ketones is 1. The molecule has 0 aromatic carbocycles. The summed E-state index contributed by atoms with van der Waals surface area (Å²) in [5.41, 5.74) is -1.02. The summed E-state index contributed by atoms with van der Waals surface area (Å²) >= 11 is 0. The molecule has 2 aliphatic heterocycles. The van der Waals surface area contributed by atoms with E-state index >= 15 is 0 Å². The highest BCUT2D eigenvalue weighted by molar-refractivity contribution is 5.98. The molecule has 6 aliphatic rings. The first kappa shape index (κ1) is 22.9. The number of epoxide rings is 1. The third kappa shape index (κ3) is 2.53. The van der Waals surface area contributed by atoms with Crippen LogP contribution in [-0.2, 0) is 19.1 Å². The number of aliphatic hydroxyl groups is 2. The number of carbonyl (C=O) groups is 2. The molecule has 0 amide bonds. The Bertz CT molecular complexity index is 1030. The number of aliphatic hydroxyl groups excluding tert-OH is 1. The number of ether oxygens (including phenoxy) is 2. The largest absolute Gasteiger partial charge is 0.456 e. The third-order valence-corrected chi connectivity index (χ3v) is 11.7. The smallest absolute Gasteiger partial charge is 0.334 e. The summed E-state index contributed by atoms with van der Waals surface area (Å²) in [6.45, 7) is 9.96. The fourth-order valence-electron chi connectivity index (χ4n) is 9.56. The fourth-order valence-corrected chi connectivity index (χ4v) is 9.56. The number of fused-ring (bicyclic) bond motifs is 4. The summed E-state index contributed by atoms with van der Waals surface area (Å²) in [7, 11) is 0. The molecule has 0 aromatic rings. The third-order valence-electron chi connectivity index (χ3n) is 11.7. The standard InChI is InChI=1S/C28H38O6/c1-14-12-22(33-24(31)15(14)2)27(5,32)19-7-6-17-16-13-23-28(34-23)21(30)9-8-20(29)26(28,4)18(16)10-11-25(17,19)3/h8-9,16-19,21-23,30,32H,6-7,10-13H2,1-5H3/t16?,17?,18?,19?,21-,22?,23+,25-,26-,27+,28+/m0/s1. The van der Waals surface area contributed by atoms with Crippen LogP contribution in [0, 0.1) is 34.5 Å². The average Bonchev–Trinajstić information content (AvgIpc) is 3.40. The number of hydrogen-bond donors (Lipinski definition) is 2. The molecule has 6 heteroatoms. The van der Waals surface area contributed by atoms with Crippen LogP contribution in [0.4, 0.5) is 0 Å². The maximum Gasteiger partial charge on any atom is 0.334 e. The molecular formula is C28H38O6. The predicted molar refractivity (Wildman–Crippen MR) is 125 cm³/mol. The van der Waals surface area contributed by atoms with Crippen LogP contribution in [0.15, 0.2) is 23.3 Å². The van der Waals surface area contributed by atoms with Crippen molar-refractivity contribution in [3.8, 4) is 0 Å². The van der Waals surface area contributed by atoms with Gasteiger partial charge in [-0.15, -0.1) is 0 Å². The molecule has 11 atom stereocenters. The second-order valence-corrected chi connectivity index (χ2v) is 12.8.